The predicted molar refractivity (Wildman–Crippen MR) is 92.4 cm³/mol. The molecule has 3 rings (SSSR count). The lowest BCUT2D eigenvalue weighted by Crippen LogP contribution is -2.25. The molecule has 2 aromatic rings. The summed E-state index contributed by atoms with van der Waals surface area (Å²) in [5.74, 6) is -1.11. The average Bonchev–Trinajstić information content (AvgIpc) is 3.00. The van der Waals surface area contributed by atoms with E-state index in [9.17, 15) is 17.6 Å². The first-order chi connectivity index (χ1) is 12.4. The molecule has 1 aliphatic heterocycles. The molecule has 8 heteroatoms. The number of ether oxygens (including phenoxy) is 1. The van der Waals surface area contributed by atoms with Gasteiger partial charge in [-0.3, -0.25) is 4.31 Å². The third kappa shape index (κ3) is 3.68. The van der Waals surface area contributed by atoms with Gasteiger partial charge in [0.1, 0.15) is 12.4 Å². The Morgan fingerprint density at radius 2 is 1.96 bits per heavy atom. The van der Waals surface area contributed by atoms with Gasteiger partial charge in [-0.2, -0.15) is 5.26 Å². The fourth-order valence-corrected chi connectivity index (χ4v) is 4.24. The first-order valence-electron chi connectivity index (χ1n) is 7.87. The number of rotatable bonds is 4. The van der Waals surface area contributed by atoms with Crippen LogP contribution in [-0.4, -0.2) is 26.7 Å². The van der Waals surface area contributed by atoms with Crippen LogP contribution in [0.25, 0.3) is 0 Å². The SMILES string of the molecule is N#Cc1ccc(F)c(COC(=O)c2ccc(N3CCCS3(=O)=O)cc2)c1. The highest BCUT2D eigenvalue weighted by Crippen LogP contribution is 2.24. The molecule has 1 heterocycles. The third-order valence-electron chi connectivity index (χ3n) is 4.02. The number of benzene rings is 2. The molecule has 6 nitrogen and oxygen atoms in total. The fraction of sp³-hybridized carbons (Fsp3) is 0.222. The Kier molecular flexibility index (Phi) is 4.91. The molecule has 0 radical (unpaired) electrons. The van der Waals surface area contributed by atoms with Crippen molar-refractivity contribution in [1.82, 2.24) is 0 Å². The van der Waals surface area contributed by atoms with Crippen molar-refractivity contribution in [2.45, 2.75) is 13.0 Å². The highest BCUT2D eigenvalue weighted by molar-refractivity contribution is 7.93. The Morgan fingerprint density at radius 1 is 1.23 bits per heavy atom. The molecule has 1 fully saturated rings. The van der Waals surface area contributed by atoms with E-state index in [0.29, 0.717) is 18.7 Å². The molecule has 2 aromatic carbocycles. The Balaban J connectivity index is 1.68. The van der Waals surface area contributed by atoms with Gasteiger partial charge in [-0.1, -0.05) is 0 Å². The zero-order chi connectivity index (χ0) is 18.7. The van der Waals surface area contributed by atoms with Crippen molar-refractivity contribution in [3.05, 3.63) is 65.0 Å². The summed E-state index contributed by atoms with van der Waals surface area (Å²) in [6, 6.07) is 11.7. The summed E-state index contributed by atoms with van der Waals surface area (Å²) in [4.78, 5) is 12.1. The molecule has 0 N–H and O–H groups in total. The van der Waals surface area contributed by atoms with Crippen LogP contribution < -0.4 is 4.31 Å². The summed E-state index contributed by atoms with van der Waals surface area (Å²) >= 11 is 0. The quantitative estimate of drug-likeness (QED) is 0.768. The van der Waals surface area contributed by atoms with Crippen LogP contribution in [0.5, 0.6) is 0 Å². The van der Waals surface area contributed by atoms with Gasteiger partial charge in [0.15, 0.2) is 0 Å². The third-order valence-corrected chi connectivity index (χ3v) is 5.89. The molecule has 0 bridgehead atoms. The zero-order valence-corrected chi connectivity index (χ0v) is 14.5. The van der Waals surface area contributed by atoms with Gasteiger partial charge < -0.3 is 4.74 Å². The van der Waals surface area contributed by atoms with Crippen LogP contribution in [0.3, 0.4) is 0 Å². The van der Waals surface area contributed by atoms with Crippen LogP contribution in [0.4, 0.5) is 10.1 Å². The molecule has 134 valence electrons. The number of carbonyl (C=O) groups is 1. The molecular weight excluding hydrogens is 359 g/mol. The minimum atomic E-state index is -3.28. The van der Waals surface area contributed by atoms with Gasteiger partial charge in [-0.05, 0) is 48.9 Å². The molecule has 26 heavy (non-hydrogen) atoms. The van der Waals surface area contributed by atoms with Crippen molar-refractivity contribution < 1.29 is 22.3 Å². The summed E-state index contributed by atoms with van der Waals surface area (Å²) in [5, 5.41) is 8.83. The lowest BCUT2D eigenvalue weighted by atomic mass is 10.1. The first kappa shape index (κ1) is 17.9. The van der Waals surface area contributed by atoms with Crippen molar-refractivity contribution in [2.24, 2.45) is 0 Å². The minimum Gasteiger partial charge on any atom is -0.457 e. The lowest BCUT2D eigenvalue weighted by molar-refractivity contribution is 0.0469. The Morgan fingerprint density at radius 3 is 2.58 bits per heavy atom. The van der Waals surface area contributed by atoms with Gasteiger partial charge >= 0.3 is 5.97 Å². The van der Waals surface area contributed by atoms with E-state index in [1.54, 1.807) is 0 Å². The number of sulfonamides is 1. The zero-order valence-electron chi connectivity index (χ0n) is 13.7. The molecule has 0 unspecified atom stereocenters. The van der Waals surface area contributed by atoms with Crippen molar-refractivity contribution >= 4 is 21.7 Å². The van der Waals surface area contributed by atoms with Crippen LogP contribution in [0.1, 0.15) is 27.9 Å². The summed E-state index contributed by atoms with van der Waals surface area (Å²) in [7, 11) is -3.28. The molecular formula is C18H15FN2O4S. The smallest absolute Gasteiger partial charge is 0.338 e. The normalized spacial score (nSPS) is 15.5. The molecule has 0 aliphatic carbocycles. The maximum absolute atomic E-state index is 13.7. The first-order valence-corrected chi connectivity index (χ1v) is 9.48. The molecule has 0 spiro atoms. The lowest BCUT2D eigenvalue weighted by Gasteiger charge is -2.16. The maximum Gasteiger partial charge on any atom is 0.338 e. The van der Waals surface area contributed by atoms with Gasteiger partial charge in [0.25, 0.3) is 0 Å². The second kappa shape index (κ2) is 7.14. The molecule has 0 atom stereocenters. The second-order valence-electron chi connectivity index (χ2n) is 5.78. The molecule has 1 saturated heterocycles. The van der Waals surface area contributed by atoms with E-state index in [-0.39, 0.29) is 29.1 Å². The van der Waals surface area contributed by atoms with Crippen molar-refractivity contribution in [2.75, 3.05) is 16.6 Å². The number of carbonyl (C=O) groups excluding carboxylic acids is 1. The second-order valence-corrected chi connectivity index (χ2v) is 7.80. The molecule has 0 aromatic heterocycles. The highest BCUT2D eigenvalue weighted by Gasteiger charge is 2.28. The van der Waals surface area contributed by atoms with Gasteiger partial charge in [0.2, 0.25) is 10.0 Å². The maximum atomic E-state index is 13.7. The van der Waals surface area contributed by atoms with E-state index in [0.717, 1.165) is 6.07 Å². The monoisotopic (exact) mass is 374 g/mol. The van der Waals surface area contributed by atoms with E-state index in [2.05, 4.69) is 0 Å². The summed E-state index contributed by atoms with van der Waals surface area (Å²) in [6.45, 7) is 0.114. The Bertz CT molecular complexity index is 981. The summed E-state index contributed by atoms with van der Waals surface area (Å²) in [6.07, 6.45) is 0.569. The van der Waals surface area contributed by atoms with Crippen molar-refractivity contribution in [3.63, 3.8) is 0 Å². The van der Waals surface area contributed by atoms with Gasteiger partial charge in [-0.15, -0.1) is 0 Å². The number of esters is 1. The topological polar surface area (TPSA) is 87.5 Å². The number of hydrogen-bond donors (Lipinski definition) is 0. The standard InChI is InChI=1S/C18H15FN2O4S/c19-17-7-2-13(11-20)10-15(17)12-25-18(22)14-3-5-16(6-4-14)21-8-1-9-26(21,23)24/h2-7,10H,1,8-9,12H2. The average molecular weight is 374 g/mol. The predicted octanol–water partition coefficient (Wildman–Crippen LogP) is 2.59. The van der Waals surface area contributed by atoms with Gasteiger partial charge in [0, 0.05) is 12.1 Å². The van der Waals surface area contributed by atoms with Crippen LogP contribution in [-0.2, 0) is 21.4 Å². The summed E-state index contributed by atoms with van der Waals surface area (Å²) in [5.41, 5.74) is 1.10. The Hall–Kier alpha value is -2.92. The molecule has 1 aliphatic rings. The van der Waals surface area contributed by atoms with Crippen molar-refractivity contribution in [3.8, 4) is 6.07 Å². The van der Waals surface area contributed by atoms with E-state index >= 15 is 0 Å². The highest BCUT2D eigenvalue weighted by atomic mass is 32.2. The fourth-order valence-electron chi connectivity index (χ4n) is 2.67. The largest absolute Gasteiger partial charge is 0.457 e. The van der Waals surface area contributed by atoms with Crippen LogP contribution in [0, 0.1) is 17.1 Å². The Labute approximate surface area is 150 Å². The minimum absolute atomic E-state index is 0.109. The van der Waals surface area contributed by atoms with E-state index in [4.69, 9.17) is 10.00 Å². The van der Waals surface area contributed by atoms with Crippen LogP contribution >= 0.6 is 0 Å². The molecule has 0 amide bonds. The van der Waals surface area contributed by atoms with E-state index in [1.165, 1.54) is 40.7 Å². The summed E-state index contributed by atoms with van der Waals surface area (Å²) < 4.78 is 43.9. The van der Waals surface area contributed by atoms with Crippen LogP contribution in [0.15, 0.2) is 42.5 Å². The number of halogens is 1. The van der Waals surface area contributed by atoms with Crippen LogP contribution in [0.2, 0.25) is 0 Å². The van der Waals surface area contributed by atoms with Crippen molar-refractivity contribution in [1.29, 1.82) is 5.26 Å². The van der Waals surface area contributed by atoms with Gasteiger partial charge in [-0.25, -0.2) is 17.6 Å². The number of nitriles is 1. The number of nitrogens with zero attached hydrogens (tertiary/aromatic N) is 2. The van der Waals surface area contributed by atoms with E-state index in [1.807, 2.05) is 6.07 Å². The van der Waals surface area contributed by atoms with Gasteiger partial charge in [0.05, 0.1) is 28.6 Å². The number of hydrogen-bond acceptors (Lipinski definition) is 5. The molecule has 0 saturated carbocycles. The number of anilines is 1. The van der Waals surface area contributed by atoms with E-state index < -0.39 is 21.8 Å².